The minimum absolute atomic E-state index is 0.0515. The molecule has 1 amide bonds. The SMILES string of the molecule is O=C(Nc1ccc(OC(F)F)c(Cl)c1)C1CCN(S(=O)(=O)c2ccc3ccccc3c2)CC1. The number of sulfonamides is 1. The Morgan fingerprint density at radius 3 is 2.39 bits per heavy atom. The normalized spacial score (nSPS) is 15.6. The van der Waals surface area contributed by atoms with Gasteiger partial charge in [-0.3, -0.25) is 4.79 Å². The average Bonchev–Trinajstić information content (AvgIpc) is 2.80. The molecule has 6 nitrogen and oxygen atoms in total. The Morgan fingerprint density at radius 1 is 1.03 bits per heavy atom. The Balaban J connectivity index is 1.38. The third kappa shape index (κ3) is 5.26. The third-order valence-corrected chi connectivity index (χ3v) is 7.79. The van der Waals surface area contributed by atoms with E-state index in [2.05, 4.69) is 10.1 Å². The highest BCUT2D eigenvalue weighted by Crippen LogP contribution is 2.30. The maximum atomic E-state index is 13.1. The number of amides is 1. The topological polar surface area (TPSA) is 75.7 Å². The van der Waals surface area contributed by atoms with Gasteiger partial charge >= 0.3 is 6.61 Å². The molecule has 4 rings (SSSR count). The lowest BCUT2D eigenvalue weighted by Crippen LogP contribution is -2.41. The molecule has 0 atom stereocenters. The number of nitrogens with zero attached hydrogens (tertiary/aromatic N) is 1. The summed E-state index contributed by atoms with van der Waals surface area (Å²) < 4.78 is 56.6. The number of carbonyl (C=O) groups excluding carboxylic acids is 1. The number of alkyl halides is 2. The molecule has 0 saturated carbocycles. The van der Waals surface area contributed by atoms with Crippen molar-refractivity contribution in [3.63, 3.8) is 0 Å². The van der Waals surface area contributed by atoms with Crippen LogP contribution < -0.4 is 10.1 Å². The predicted octanol–water partition coefficient (Wildman–Crippen LogP) is 5.13. The van der Waals surface area contributed by atoms with Crippen molar-refractivity contribution in [2.75, 3.05) is 18.4 Å². The van der Waals surface area contributed by atoms with Crippen LogP contribution in [0.5, 0.6) is 5.75 Å². The summed E-state index contributed by atoms with van der Waals surface area (Å²) in [6.45, 7) is -2.57. The van der Waals surface area contributed by atoms with Crippen LogP contribution in [-0.4, -0.2) is 38.3 Å². The van der Waals surface area contributed by atoms with E-state index in [0.29, 0.717) is 18.5 Å². The minimum atomic E-state index is -3.67. The van der Waals surface area contributed by atoms with Crippen LogP contribution in [0.3, 0.4) is 0 Å². The molecular weight excluding hydrogens is 474 g/mol. The highest BCUT2D eigenvalue weighted by Gasteiger charge is 2.32. The van der Waals surface area contributed by atoms with Crippen molar-refractivity contribution in [2.24, 2.45) is 5.92 Å². The van der Waals surface area contributed by atoms with Gasteiger partial charge in [-0.2, -0.15) is 13.1 Å². The Hall–Kier alpha value is -2.75. The number of benzene rings is 3. The van der Waals surface area contributed by atoms with Gasteiger partial charge in [-0.1, -0.05) is 41.9 Å². The van der Waals surface area contributed by atoms with Gasteiger partial charge in [0.25, 0.3) is 0 Å². The van der Waals surface area contributed by atoms with Crippen molar-refractivity contribution in [3.05, 3.63) is 65.7 Å². The fourth-order valence-electron chi connectivity index (χ4n) is 3.85. The van der Waals surface area contributed by atoms with Crippen LogP contribution in [0.1, 0.15) is 12.8 Å². The molecular formula is C23H21ClF2N2O4S. The van der Waals surface area contributed by atoms with E-state index in [-0.39, 0.29) is 40.6 Å². The van der Waals surface area contributed by atoms with Crippen LogP contribution in [-0.2, 0) is 14.8 Å². The fraction of sp³-hybridized carbons (Fsp3) is 0.261. The van der Waals surface area contributed by atoms with E-state index < -0.39 is 16.6 Å². The first-order valence-corrected chi connectivity index (χ1v) is 12.1. The van der Waals surface area contributed by atoms with Crippen LogP contribution in [0, 0.1) is 5.92 Å². The number of rotatable bonds is 6. The number of hydrogen-bond acceptors (Lipinski definition) is 4. The number of hydrogen-bond donors (Lipinski definition) is 1. The molecule has 0 radical (unpaired) electrons. The summed E-state index contributed by atoms with van der Waals surface area (Å²) in [6, 6.07) is 16.6. The van der Waals surface area contributed by atoms with Crippen LogP contribution in [0.2, 0.25) is 5.02 Å². The highest BCUT2D eigenvalue weighted by molar-refractivity contribution is 7.89. The molecule has 0 bridgehead atoms. The van der Waals surface area contributed by atoms with E-state index in [1.54, 1.807) is 18.2 Å². The molecule has 0 unspecified atom stereocenters. The standard InChI is InChI=1S/C23H21ClF2N2O4S/c24-20-14-18(6-8-21(20)32-23(25)26)27-22(29)16-9-11-28(12-10-16)33(30,31)19-7-5-15-3-1-2-4-17(15)13-19/h1-8,13-14,16,23H,9-12H2,(H,27,29). The zero-order chi connectivity index (χ0) is 23.6. The van der Waals surface area contributed by atoms with Gasteiger partial charge in [0.1, 0.15) is 5.75 Å². The van der Waals surface area contributed by atoms with Gasteiger partial charge < -0.3 is 10.1 Å². The average molecular weight is 495 g/mol. The molecule has 0 spiro atoms. The Labute approximate surface area is 195 Å². The van der Waals surface area contributed by atoms with Crippen molar-refractivity contribution in [1.82, 2.24) is 4.31 Å². The quantitative estimate of drug-likeness (QED) is 0.515. The van der Waals surface area contributed by atoms with E-state index >= 15 is 0 Å². The van der Waals surface area contributed by atoms with Gasteiger partial charge in [0, 0.05) is 24.7 Å². The van der Waals surface area contributed by atoms with Gasteiger partial charge in [0.15, 0.2) is 0 Å². The van der Waals surface area contributed by atoms with Crippen molar-refractivity contribution in [1.29, 1.82) is 0 Å². The number of nitrogens with one attached hydrogen (secondary N) is 1. The summed E-state index contributed by atoms with van der Waals surface area (Å²) in [7, 11) is -3.67. The lowest BCUT2D eigenvalue weighted by atomic mass is 9.97. The van der Waals surface area contributed by atoms with Crippen molar-refractivity contribution < 1.29 is 26.7 Å². The van der Waals surface area contributed by atoms with Crippen LogP contribution in [0.25, 0.3) is 10.8 Å². The monoisotopic (exact) mass is 494 g/mol. The number of halogens is 3. The molecule has 1 heterocycles. The molecule has 3 aromatic rings. The molecule has 33 heavy (non-hydrogen) atoms. The van der Waals surface area contributed by atoms with Crippen LogP contribution in [0.15, 0.2) is 65.6 Å². The van der Waals surface area contributed by atoms with Gasteiger partial charge in [-0.25, -0.2) is 8.42 Å². The minimum Gasteiger partial charge on any atom is -0.433 e. The first-order chi connectivity index (χ1) is 15.7. The third-order valence-electron chi connectivity index (χ3n) is 5.60. The predicted molar refractivity (Wildman–Crippen MR) is 122 cm³/mol. The molecule has 1 fully saturated rings. The van der Waals surface area contributed by atoms with E-state index in [1.165, 1.54) is 22.5 Å². The van der Waals surface area contributed by atoms with E-state index in [9.17, 15) is 22.0 Å². The largest absolute Gasteiger partial charge is 0.433 e. The maximum absolute atomic E-state index is 13.1. The number of ether oxygens (including phenoxy) is 1. The van der Waals surface area contributed by atoms with Crippen molar-refractivity contribution in [2.45, 2.75) is 24.3 Å². The molecule has 174 valence electrons. The van der Waals surface area contributed by atoms with Gasteiger partial charge in [0.2, 0.25) is 15.9 Å². The summed E-state index contributed by atoms with van der Waals surface area (Å²) in [5.74, 6) is -0.850. The number of anilines is 1. The summed E-state index contributed by atoms with van der Waals surface area (Å²) in [6.07, 6.45) is 0.720. The first-order valence-electron chi connectivity index (χ1n) is 10.3. The lowest BCUT2D eigenvalue weighted by molar-refractivity contribution is -0.120. The summed E-state index contributed by atoms with van der Waals surface area (Å²) >= 11 is 5.92. The Bertz CT molecular complexity index is 1280. The molecule has 0 aromatic heterocycles. The molecule has 0 aliphatic carbocycles. The highest BCUT2D eigenvalue weighted by atomic mass is 35.5. The fourth-order valence-corrected chi connectivity index (χ4v) is 5.58. The Morgan fingerprint density at radius 2 is 1.73 bits per heavy atom. The number of fused-ring (bicyclic) bond motifs is 1. The number of piperidine rings is 1. The summed E-state index contributed by atoms with van der Waals surface area (Å²) in [5, 5.41) is 4.46. The summed E-state index contributed by atoms with van der Waals surface area (Å²) in [4.78, 5) is 12.9. The zero-order valence-corrected chi connectivity index (χ0v) is 19.0. The molecule has 10 heteroatoms. The zero-order valence-electron chi connectivity index (χ0n) is 17.4. The van der Waals surface area contributed by atoms with E-state index in [4.69, 9.17) is 11.6 Å². The van der Waals surface area contributed by atoms with Gasteiger partial charge in [0.05, 0.1) is 9.92 Å². The smallest absolute Gasteiger partial charge is 0.387 e. The van der Waals surface area contributed by atoms with Gasteiger partial charge in [-0.05, 0) is 53.9 Å². The lowest BCUT2D eigenvalue weighted by Gasteiger charge is -2.30. The second-order valence-corrected chi connectivity index (χ2v) is 10.0. The second-order valence-electron chi connectivity index (χ2n) is 7.70. The second kappa shape index (κ2) is 9.62. The molecule has 1 aliphatic rings. The molecule has 3 aromatic carbocycles. The van der Waals surface area contributed by atoms with Crippen LogP contribution >= 0.6 is 11.6 Å². The maximum Gasteiger partial charge on any atom is 0.387 e. The Kier molecular flexibility index (Phi) is 6.83. The molecule has 1 aliphatic heterocycles. The number of carbonyl (C=O) groups is 1. The first kappa shape index (κ1) is 23.4. The van der Waals surface area contributed by atoms with Crippen molar-refractivity contribution in [3.8, 4) is 5.75 Å². The molecule has 1 N–H and O–H groups in total. The summed E-state index contributed by atoms with van der Waals surface area (Å²) in [5.41, 5.74) is 0.345. The van der Waals surface area contributed by atoms with Gasteiger partial charge in [-0.15, -0.1) is 0 Å². The molecule has 1 saturated heterocycles. The van der Waals surface area contributed by atoms with E-state index in [1.807, 2.05) is 24.3 Å². The van der Waals surface area contributed by atoms with E-state index in [0.717, 1.165) is 10.8 Å². The van der Waals surface area contributed by atoms with Crippen molar-refractivity contribution >= 4 is 44.0 Å². The van der Waals surface area contributed by atoms with Crippen LogP contribution in [0.4, 0.5) is 14.5 Å².